The number of nitrogens with one attached hydrogen (secondary N) is 1. The normalized spacial score (nSPS) is 15.0. The van der Waals surface area contributed by atoms with E-state index >= 15 is 0 Å². The highest BCUT2D eigenvalue weighted by Gasteiger charge is 2.18. The lowest BCUT2D eigenvalue weighted by molar-refractivity contribution is -0.137. The second kappa shape index (κ2) is 6.13. The third kappa shape index (κ3) is 3.55. The third-order valence-corrected chi connectivity index (χ3v) is 2.42. The van der Waals surface area contributed by atoms with Gasteiger partial charge in [0.25, 0.3) is 5.91 Å². The largest absolute Gasteiger partial charge is 0.339 e. The monoisotopic (exact) mass is 223 g/mol. The topological polar surface area (TPSA) is 52.7 Å². The molecule has 0 unspecified atom stereocenters. The van der Waals surface area contributed by atoms with Crippen LogP contribution in [0.1, 0.15) is 6.92 Å². The summed E-state index contributed by atoms with van der Waals surface area (Å²) in [5.74, 6) is 4.60. The van der Waals surface area contributed by atoms with Crippen LogP contribution in [-0.4, -0.2) is 61.4 Å². The predicted octanol–water partition coefficient (Wildman–Crippen LogP) is -1.10. The highest BCUT2D eigenvalue weighted by molar-refractivity contribution is 5.95. The fourth-order valence-electron chi connectivity index (χ4n) is 1.49. The van der Waals surface area contributed by atoms with Crippen LogP contribution in [0.5, 0.6) is 0 Å². The minimum absolute atomic E-state index is 0.0183. The molecule has 5 nitrogen and oxygen atoms in total. The van der Waals surface area contributed by atoms with Crippen LogP contribution in [0.2, 0.25) is 0 Å². The molecule has 16 heavy (non-hydrogen) atoms. The van der Waals surface area contributed by atoms with Gasteiger partial charge in [-0.05, 0) is 12.8 Å². The van der Waals surface area contributed by atoms with Gasteiger partial charge in [-0.2, -0.15) is 0 Å². The van der Waals surface area contributed by atoms with Crippen LogP contribution < -0.4 is 5.32 Å². The lowest BCUT2D eigenvalue weighted by atomic mass is 10.3. The molecule has 2 amide bonds. The van der Waals surface area contributed by atoms with Gasteiger partial charge in [-0.3, -0.25) is 9.59 Å². The molecule has 0 bridgehead atoms. The van der Waals surface area contributed by atoms with Crippen molar-refractivity contribution in [2.75, 3.05) is 39.8 Å². The first kappa shape index (κ1) is 12.5. The van der Waals surface area contributed by atoms with Crippen LogP contribution in [0.4, 0.5) is 0 Å². The number of rotatable bonds is 2. The highest BCUT2D eigenvalue weighted by Crippen LogP contribution is 1.95. The summed E-state index contributed by atoms with van der Waals surface area (Å²) in [5.41, 5.74) is 0. The first-order valence-electron chi connectivity index (χ1n) is 5.31. The van der Waals surface area contributed by atoms with E-state index in [0.29, 0.717) is 13.1 Å². The maximum Gasteiger partial charge on any atom is 0.298 e. The maximum atomic E-state index is 11.8. The molecule has 88 valence electrons. The lowest BCUT2D eigenvalue weighted by Gasteiger charge is -2.28. The van der Waals surface area contributed by atoms with Crippen LogP contribution in [0.15, 0.2) is 0 Å². The van der Waals surface area contributed by atoms with Gasteiger partial charge in [0.15, 0.2) is 0 Å². The van der Waals surface area contributed by atoms with Crippen LogP contribution in [0, 0.1) is 11.8 Å². The van der Waals surface area contributed by atoms with Gasteiger partial charge in [0.05, 0.1) is 0 Å². The number of nitrogens with zero attached hydrogens (tertiary/aromatic N) is 2. The number of hydrogen-bond donors (Lipinski definition) is 1. The minimum atomic E-state index is -0.314. The molecule has 1 fully saturated rings. The van der Waals surface area contributed by atoms with Gasteiger partial charge in [0.2, 0.25) is 5.91 Å². The molecule has 0 spiro atoms. The van der Waals surface area contributed by atoms with E-state index in [1.54, 1.807) is 18.9 Å². The van der Waals surface area contributed by atoms with Crippen molar-refractivity contribution in [3.05, 3.63) is 0 Å². The second-order valence-corrected chi connectivity index (χ2v) is 3.67. The summed E-state index contributed by atoms with van der Waals surface area (Å²) in [6.07, 6.45) is 0. The zero-order chi connectivity index (χ0) is 12.0. The average Bonchev–Trinajstić information content (AvgIpc) is 2.30. The zero-order valence-corrected chi connectivity index (χ0v) is 9.75. The fourth-order valence-corrected chi connectivity index (χ4v) is 1.49. The highest BCUT2D eigenvalue weighted by atomic mass is 16.2. The number of likely N-dealkylation sites (N-methyl/N-ethyl adjacent to an activating group) is 1. The molecule has 1 rings (SSSR count). The van der Waals surface area contributed by atoms with E-state index in [1.807, 2.05) is 0 Å². The Morgan fingerprint density at radius 3 is 2.56 bits per heavy atom. The van der Waals surface area contributed by atoms with Crippen molar-refractivity contribution in [1.82, 2.24) is 15.1 Å². The van der Waals surface area contributed by atoms with Gasteiger partial charge in [0.1, 0.15) is 6.54 Å². The number of carbonyl (C=O) groups is 2. The summed E-state index contributed by atoms with van der Waals surface area (Å²) in [5, 5.41) is 3.17. The second-order valence-electron chi connectivity index (χ2n) is 3.67. The lowest BCUT2D eigenvalue weighted by Crippen LogP contribution is -2.49. The molecule has 1 aliphatic rings. The smallest absolute Gasteiger partial charge is 0.298 e. The Kier molecular flexibility index (Phi) is 4.80. The van der Waals surface area contributed by atoms with Gasteiger partial charge < -0.3 is 15.1 Å². The Bertz CT molecular complexity index is 324. The number of piperazine rings is 1. The van der Waals surface area contributed by atoms with E-state index in [2.05, 4.69) is 17.2 Å². The Hall–Kier alpha value is -1.54. The molecule has 1 saturated heterocycles. The molecule has 0 radical (unpaired) electrons. The van der Waals surface area contributed by atoms with E-state index in [0.717, 1.165) is 13.1 Å². The maximum absolute atomic E-state index is 11.8. The summed E-state index contributed by atoms with van der Waals surface area (Å²) in [6.45, 7) is 4.76. The summed E-state index contributed by atoms with van der Waals surface area (Å²) in [4.78, 5) is 26.2. The van der Waals surface area contributed by atoms with Crippen molar-refractivity contribution in [2.45, 2.75) is 6.92 Å². The van der Waals surface area contributed by atoms with E-state index in [9.17, 15) is 9.59 Å². The first-order valence-corrected chi connectivity index (χ1v) is 5.31. The van der Waals surface area contributed by atoms with E-state index < -0.39 is 0 Å². The third-order valence-electron chi connectivity index (χ3n) is 2.42. The van der Waals surface area contributed by atoms with E-state index in [1.165, 1.54) is 4.90 Å². The molecule has 0 saturated carbocycles. The van der Waals surface area contributed by atoms with Crippen LogP contribution in [0.25, 0.3) is 0 Å². The van der Waals surface area contributed by atoms with Crippen LogP contribution in [0.3, 0.4) is 0 Å². The Balaban J connectivity index is 2.42. The molecule has 0 aromatic rings. The van der Waals surface area contributed by atoms with E-state index in [-0.39, 0.29) is 18.4 Å². The van der Waals surface area contributed by atoms with Gasteiger partial charge >= 0.3 is 0 Å². The summed E-state index contributed by atoms with van der Waals surface area (Å²) in [7, 11) is 1.59. The molecule has 1 aliphatic heterocycles. The van der Waals surface area contributed by atoms with Crippen LogP contribution >= 0.6 is 0 Å². The molecule has 0 aromatic carbocycles. The quantitative estimate of drug-likeness (QED) is 0.605. The van der Waals surface area contributed by atoms with Gasteiger partial charge in [-0.15, -0.1) is 0 Å². The molecule has 0 atom stereocenters. The SMILES string of the molecule is CC#CC(=O)N(C)CC(=O)N1CCNCC1. The summed E-state index contributed by atoms with van der Waals surface area (Å²) in [6, 6.07) is 0. The number of amides is 2. The Labute approximate surface area is 95.8 Å². The van der Waals surface area contributed by atoms with Crippen molar-refractivity contribution in [3.8, 4) is 11.8 Å². The Morgan fingerprint density at radius 2 is 2.00 bits per heavy atom. The standard InChI is InChI=1S/C11H17N3O2/c1-3-4-10(15)13(2)9-11(16)14-7-5-12-6-8-14/h12H,5-9H2,1-2H3. The molecule has 0 aliphatic carbocycles. The van der Waals surface area contributed by atoms with Crippen molar-refractivity contribution in [3.63, 3.8) is 0 Å². The molecule has 1 heterocycles. The number of hydrogen-bond acceptors (Lipinski definition) is 3. The summed E-state index contributed by atoms with van der Waals surface area (Å²) >= 11 is 0. The molecule has 5 heteroatoms. The molecule has 1 N–H and O–H groups in total. The number of carbonyl (C=O) groups excluding carboxylic acids is 2. The fraction of sp³-hybridized carbons (Fsp3) is 0.636. The van der Waals surface area contributed by atoms with Crippen molar-refractivity contribution < 1.29 is 9.59 Å². The predicted molar refractivity (Wildman–Crippen MR) is 60.5 cm³/mol. The van der Waals surface area contributed by atoms with Crippen molar-refractivity contribution in [2.24, 2.45) is 0 Å². The van der Waals surface area contributed by atoms with Crippen molar-refractivity contribution >= 4 is 11.8 Å². The van der Waals surface area contributed by atoms with Crippen molar-refractivity contribution in [1.29, 1.82) is 0 Å². The molecule has 0 aromatic heterocycles. The first-order chi connectivity index (χ1) is 7.65. The molecular formula is C11H17N3O2. The average molecular weight is 223 g/mol. The minimum Gasteiger partial charge on any atom is -0.339 e. The van der Waals surface area contributed by atoms with Gasteiger partial charge in [-0.25, -0.2) is 0 Å². The van der Waals surface area contributed by atoms with Crippen LogP contribution in [-0.2, 0) is 9.59 Å². The summed E-state index contributed by atoms with van der Waals surface area (Å²) < 4.78 is 0. The Morgan fingerprint density at radius 1 is 1.38 bits per heavy atom. The molecular weight excluding hydrogens is 206 g/mol. The zero-order valence-electron chi connectivity index (χ0n) is 9.75. The van der Waals surface area contributed by atoms with E-state index in [4.69, 9.17) is 0 Å². The van der Waals surface area contributed by atoms with Gasteiger partial charge in [0, 0.05) is 33.2 Å². The van der Waals surface area contributed by atoms with Gasteiger partial charge in [-0.1, -0.05) is 5.92 Å².